The third kappa shape index (κ3) is 2.87. The second-order valence-electron chi connectivity index (χ2n) is 3.71. The van der Waals surface area contributed by atoms with Crippen LogP contribution < -0.4 is 5.32 Å². The third-order valence-corrected chi connectivity index (χ3v) is 2.50. The molecule has 0 saturated heterocycles. The molecule has 3 nitrogen and oxygen atoms in total. The van der Waals surface area contributed by atoms with E-state index >= 15 is 0 Å². The van der Waals surface area contributed by atoms with E-state index in [4.69, 9.17) is 0 Å². The van der Waals surface area contributed by atoms with Crippen LogP contribution in [0.25, 0.3) is 0 Å². The van der Waals surface area contributed by atoms with Gasteiger partial charge < -0.3 is 5.32 Å². The number of hydrogen-bond donors (Lipinski definition) is 1. The van der Waals surface area contributed by atoms with Crippen molar-refractivity contribution in [1.29, 1.82) is 0 Å². The topological polar surface area (TPSA) is 37.8 Å². The molecule has 1 N–H and O–H groups in total. The monoisotopic (exact) mass is 213 g/mol. The number of pyridine rings is 2. The van der Waals surface area contributed by atoms with Crippen molar-refractivity contribution in [2.75, 3.05) is 0 Å². The summed E-state index contributed by atoms with van der Waals surface area (Å²) in [7, 11) is 0. The Morgan fingerprint density at radius 2 is 2.12 bits per heavy atom. The first-order valence-corrected chi connectivity index (χ1v) is 5.39. The van der Waals surface area contributed by atoms with Crippen molar-refractivity contribution in [3.63, 3.8) is 0 Å². The van der Waals surface area contributed by atoms with Gasteiger partial charge in [0.05, 0.1) is 5.69 Å². The molecule has 2 aromatic rings. The number of nitrogens with one attached hydrogen (secondary N) is 1. The summed E-state index contributed by atoms with van der Waals surface area (Å²) in [5.41, 5.74) is 2.25. The Hall–Kier alpha value is -1.74. The molecule has 2 aromatic heterocycles. The molecule has 0 aliphatic carbocycles. The molecule has 2 heterocycles. The van der Waals surface area contributed by atoms with Crippen molar-refractivity contribution in [3.8, 4) is 0 Å². The first kappa shape index (κ1) is 10.8. The van der Waals surface area contributed by atoms with Crippen molar-refractivity contribution >= 4 is 0 Å². The smallest absolute Gasteiger partial charge is 0.0541 e. The third-order valence-electron chi connectivity index (χ3n) is 2.50. The minimum Gasteiger partial charge on any atom is -0.305 e. The van der Waals surface area contributed by atoms with Gasteiger partial charge in [0, 0.05) is 31.2 Å². The Bertz CT molecular complexity index is 414. The fourth-order valence-corrected chi connectivity index (χ4v) is 1.51. The Morgan fingerprint density at radius 3 is 2.81 bits per heavy atom. The molecular weight excluding hydrogens is 198 g/mol. The van der Waals surface area contributed by atoms with Crippen LogP contribution in [-0.4, -0.2) is 9.97 Å². The average molecular weight is 213 g/mol. The van der Waals surface area contributed by atoms with Gasteiger partial charge in [0.15, 0.2) is 0 Å². The maximum atomic E-state index is 4.27. The van der Waals surface area contributed by atoms with E-state index in [0.29, 0.717) is 0 Å². The van der Waals surface area contributed by atoms with E-state index in [1.807, 2.05) is 36.7 Å². The standard InChI is InChI=1S/C13H15N3/c1-11(12-5-4-7-14-9-12)16-10-13-6-2-3-8-15-13/h2-9,11,16H,10H2,1H3/t11-/m1/s1. The molecular formula is C13H15N3. The van der Waals surface area contributed by atoms with Crippen LogP contribution in [0.3, 0.4) is 0 Å². The molecule has 0 aliphatic heterocycles. The van der Waals surface area contributed by atoms with E-state index in [0.717, 1.165) is 12.2 Å². The van der Waals surface area contributed by atoms with E-state index in [2.05, 4.69) is 28.3 Å². The van der Waals surface area contributed by atoms with Crippen LogP contribution in [0.1, 0.15) is 24.2 Å². The molecule has 2 rings (SSSR count). The van der Waals surface area contributed by atoms with Gasteiger partial charge in [0.2, 0.25) is 0 Å². The number of hydrogen-bond acceptors (Lipinski definition) is 3. The van der Waals surface area contributed by atoms with Gasteiger partial charge in [-0.05, 0) is 30.7 Å². The van der Waals surface area contributed by atoms with E-state index in [1.54, 1.807) is 6.20 Å². The van der Waals surface area contributed by atoms with Crippen molar-refractivity contribution in [1.82, 2.24) is 15.3 Å². The summed E-state index contributed by atoms with van der Waals surface area (Å²) in [6, 6.07) is 10.3. The van der Waals surface area contributed by atoms with Crippen LogP contribution in [0.5, 0.6) is 0 Å². The summed E-state index contributed by atoms with van der Waals surface area (Å²) in [6.07, 6.45) is 5.48. The van der Waals surface area contributed by atoms with E-state index < -0.39 is 0 Å². The highest BCUT2D eigenvalue weighted by Crippen LogP contribution is 2.10. The van der Waals surface area contributed by atoms with Gasteiger partial charge in [-0.3, -0.25) is 9.97 Å². The predicted octanol–water partition coefficient (Wildman–Crippen LogP) is 2.33. The SMILES string of the molecule is C[C@@H](NCc1ccccn1)c1cccnc1. The lowest BCUT2D eigenvalue weighted by atomic mass is 10.1. The Morgan fingerprint density at radius 1 is 1.19 bits per heavy atom. The summed E-state index contributed by atoms with van der Waals surface area (Å²) in [5.74, 6) is 0. The number of nitrogens with zero attached hydrogens (tertiary/aromatic N) is 2. The van der Waals surface area contributed by atoms with E-state index in [-0.39, 0.29) is 6.04 Å². The quantitative estimate of drug-likeness (QED) is 0.847. The predicted molar refractivity (Wildman–Crippen MR) is 63.7 cm³/mol. The van der Waals surface area contributed by atoms with E-state index in [9.17, 15) is 0 Å². The second kappa shape index (κ2) is 5.37. The normalized spacial score (nSPS) is 12.3. The highest BCUT2D eigenvalue weighted by atomic mass is 14.9. The lowest BCUT2D eigenvalue weighted by molar-refractivity contribution is 0.566. The van der Waals surface area contributed by atoms with Gasteiger partial charge >= 0.3 is 0 Å². The lowest BCUT2D eigenvalue weighted by Gasteiger charge is -2.13. The molecule has 16 heavy (non-hydrogen) atoms. The van der Waals surface area contributed by atoms with Crippen molar-refractivity contribution in [2.45, 2.75) is 19.5 Å². The van der Waals surface area contributed by atoms with Crippen molar-refractivity contribution in [2.24, 2.45) is 0 Å². The molecule has 0 saturated carbocycles. The summed E-state index contributed by atoms with van der Waals surface area (Å²) in [6.45, 7) is 2.90. The summed E-state index contributed by atoms with van der Waals surface area (Å²) in [4.78, 5) is 8.37. The lowest BCUT2D eigenvalue weighted by Crippen LogP contribution is -2.18. The molecule has 0 spiro atoms. The summed E-state index contributed by atoms with van der Waals surface area (Å²) >= 11 is 0. The molecule has 3 heteroatoms. The molecule has 0 amide bonds. The van der Waals surface area contributed by atoms with Gasteiger partial charge in [-0.2, -0.15) is 0 Å². The van der Waals surface area contributed by atoms with Gasteiger partial charge in [-0.25, -0.2) is 0 Å². The minimum absolute atomic E-state index is 0.288. The zero-order chi connectivity index (χ0) is 11.2. The van der Waals surface area contributed by atoms with Crippen LogP contribution in [0.2, 0.25) is 0 Å². The van der Waals surface area contributed by atoms with Crippen LogP contribution in [0.4, 0.5) is 0 Å². The first-order valence-electron chi connectivity index (χ1n) is 5.39. The van der Waals surface area contributed by atoms with Gasteiger partial charge in [0.25, 0.3) is 0 Å². The second-order valence-corrected chi connectivity index (χ2v) is 3.71. The molecule has 0 bridgehead atoms. The fourth-order valence-electron chi connectivity index (χ4n) is 1.51. The molecule has 0 aromatic carbocycles. The van der Waals surface area contributed by atoms with Crippen LogP contribution in [0, 0.1) is 0 Å². The highest BCUT2D eigenvalue weighted by molar-refractivity contribution is 5.13. The zero-order valence-electron chi connectivity index (χ0n) is 9.30. The Balaban J connectivity index is 1.92. The summed E-state index contributed by atoms with van der Waals surface area (Å²) in [5, 5.41) is 3.41. The Kier molecular flexibility index (Phi) is 3.62. The minimum atomic E-state index is 0.288. The fraction of sp³-hybridized carbons (Fsp3) is 0.231. The zero-order valence-corrected chi connectivity index (χ0v) is 9.30. The maximum Gasteiger partial charge on any atom is 0.0541 e. The van der Waals surface area contributed by atoms with E-state index in [1.165, 1.54) is 5.56 Å². The molecule has 0 fully saturated rings. The number of rotatable bonds is 4. The van der Waals surface area contributed by atoms with Crippen molar-refractivity contribution < 1.29 is 0 Å². The first-order chi connectivity index (χ1) is 7.86. The summed E-state index contributed by atoms with van der Waals surface area (Å²) < 4.78 is 0. The van der Waals surface area contributed by atoms with Crippen LogP contribution in [-0.2, 0) is 6.54 Å². The van der Waals surface area contributed by atoms with Gasteiger partial charge in [-0.1, -0.05) is 12.1 Å². The molecule has 82 valence electrons. The largest absolute Gasteiger partial charge is 0.305 e. The van der Waals surface area contributed by atoms with Crippen LogP contribution >= 0.6 is 0 Å². The van der Waals surface area contributed by atoms with Gasteiger partial charge in [0.1, 0.15) is 0 Å². The maximum absolute atomic E-state index is 4.27. The van der Waals surface area contributed by atoms with Crippen LogP contribution in [0.15, 0.2) is 48.9 Å². The van der Waals surface area contributed by atoms with Gasteiger partial charge in [-0.15, -0.1) is 0 Å². The highest BCUT2D eigenvalue weighted by Gasteiger charge is 2.04. The molecule has 1 atom stereocenters. The molecule has 0 aliphatic rings. The molecule has 0 radical (unpaired) electrons. The number of aromatic nitrogens is 2. The van der Waals surface area contributed by atoms with Crippen molar-refractivity contribution in [3.05, 3.63) is 60.2 Å². The Labute approximate surface area is 95.6 Å². The molecule has 0 unspecified atom stereocenters. The average Bonchev–Trinajstić information content (AvgIpc) is 2.38.